The highest BCUT2D eigenvalue weighted by Gasteiger charge is 2.18. The highest BCUT2D eigenvalue weighted by molar-refractivity contribution is 7.13. The lowest BCUT2D eigenvalue weighted by Crippen LogP contribution is -2.31. The molecule has 1 atom stereocenters. The van der Waals surface area contributed by atoms with Gasteiger partial charge in [-0.25, -0.2) is 4.98 Å². The van der Waals surface area contributed by atoms with E-state index < -0.39 is 0 Å². The van der Waals surface area contributed by atoms with Crippen LogP contribution in [-0.4, -0.2) is 34.8 Å². The van der Waals surface area contributed by atoms with Crippen LogP contribution in [0.3, 0.4) is 0 Å². The summed E-state index contributed by atoms with van der Waals surface area (Å²) < 4.78 is 0. The van der Waals surface area contributed by atoms with Crippen molar-refractivity contribution in [1.29, 1.82) is 0 Å². The minimum Gasteiger partial charge on any atom is -0.339 e. The smallest absolute Gasteiger partial charge is 0.265 e. The van der Waals surface area contributed by atoms with E-state index in [1.807, 2.05) is 20.8 Å². The zero-order chi connectivity index (χ0) is 11.6. The van der Waals surface area contributed by atoms with Gasteiger partial charge in [-0.2, -0.15) is 0 Å². The van der Waals surface area contributed by atoms with Crippen molar-refractivity contribution in [3.8, 4) is 0 Å². The van der Waals surface area contributed by atoms with Crippen molar-refractivity contribution in [2.24, 2.45) is 0 Å². The molecule has 1 amide bonds. The molecular weight excluding hydrogens is 232 g/mol. The standard InChI is InChI=1S/C10H15ClN2OS/c1-6(11)5-13(4)10(14)9-7(2)12-8(3)15-9/h6H,5H2,1-4H3. The summed E-state index contributed by atoms with van der Waals surface area (Å²) in [5, 5.41) is 0.886. The maximum absolute atomic E-state index is 12.0. The minimum absolute atomic E-state index is 0.00519. The average molecular weight is 247 g/mol. The minimum atomic E-state index is -0.0340. The van der Waals surface area contributed by atoms with Gasteiger partial charge in [0.1, 0.15) is 4.88 Å². The van der Waals surface area contributed by atoms with Crippen LogP contribution in [-0.2, 0) is 0 Å². The van der Waals surface area contributed by atoms with Gasteiger partial charge in [0.25, 0.3) is 5.91 Å². The molecule has 0 aliphatic carbocycles. The van der Waals surface area contributed by atoms with Crippen LogP contribution in [0.15, 0.2) is 0 Å². The van der Waals surface area contributed by atoms with Crippen LogP contribution >= 0.6 is 22.9 Å². The summed E-state index contributed by atoms with van der Waals surface area (Å²) in [6.45, 7) is 6.18. The average Bonchev–Trinajstić information content (AvgIpc) is 2.42. The predicted octanol–water partition coefficient (Wildman–Crippen LogP) is 2.46. The molecule has 5 heteroatoms. The lowest BCUT2D eigenvalue weighted by Gasteiger charge is -2.17. The Morgan fingerprint density at radius 2 is 2.20 bits per heavy atom. The molecule has 0 aliphatic rings. The molecule has 0 N–H and O–H groups in total. The number of amides is 1. The summed E-state index contributed by atoms with van der Waals surface area (Å²) >= 11 is 7.28. The van der Waals surface area contributed by atoms with Gasteiger partial charge in [0.2, 0.25) is 0 Å². The van der Waals surface area contributed by atoms with Gasteiger partial charge >= 0.3 is 0 Å². The molecule has 1 heterocycles. The molecule has 84 valence electrons. The zero-order valence-electron chi connectivity index (χ0n) is 9.37. The van der Waals surface area contributed by atoms with E-state index in [1.54, 1.807) is 11.9 Å². The number of alkyl halides is 1. The molecule has 15 heavy (non-hydrogen) atoms. The van der Waals surface area contributed by atoms with Crippen LogP contribution in [0.2, 0.25) is 0 Å². The Morgan fingerprint density at radius 1 is 1.60 bits per heavy atom. The number of carbonyl (C=O) groups excluding carboxylic acids is 1. The second-order valence-corrected chi connectivity index (χ2v) is 5.56. The van der Waals surface area contributed by atoms with Gasteiger partial charge in [-0.3, -0.25) is 4.79 Å². The number of rotatable bonds is 3. The van der Waals surface area contributed by atoms with Crippen LogP contribution in [0.25, 0.3) is 0 Å². The molecule has 1 unspecified atom stereocenters. The highest BCUT2D eigenvalue weighted by Crippen LogP contribution is 2.19. The molecule has 0 saturated heterocycles. The predicted molar refractivity (Wildman–Crippen MR) is 63.9 cm³/mol. The summed E-state index contributed by atoms with van der Waals surface area (Å²) in [4.78, 5) is 18.5. The number of nitrogens with zero attached hydrogens (tertiary/aromatic N) is 2. The second kappa shape index (κ2) is 4.94. The number of hydrogen-bond acceptors (Lipinski definition) is 3. The van der Waals surface area contributed by atoms with Crippen molar-refractivity contribution in [3.63, 3.8) is 0 Å². The molecule has 0 fully saturated rings. The van der Waals surface area contributed by atoms with Gasteiger partial charge < -0.3 is 4.90 Å². The lowest BCUT2D eigenvalue weighted by molar-refractivity contribution is 0.0800. The molecule has 3 nitrogen and oxygen atoms in total. The molecule has 0 saturated carbocycles. The number of carbonyl (C=O) groups is 1. The number of hydrogen-bond donors (Lipinski definition) is 0. The van der Waals surface area contributed by atoms with E-state index in [-0.39, 0.29) is 11.3 Å². The number of halogens is 1. The fourth-order valence-electron chi connectivity index (χ4n) is 1.36. The molecule has 1 rings (SSSR count). The van der Waals surface area contributed by atoms with E-state index in [0.29, 0.717) is 11.4 Å². The van der Waals surface area contributed by atoms with Gasteiger partial charge in [0.05, 0.1) is 10.7 Å². The van der Waals surface area contributed by atoms with E-state index in [0.717, 1.165) is 10.7 Å². The van der Waals surface area contributed by atoms with Crippen LogP contribution in [0.1, 0.15) is 27.3 Å². The van der Waals surface area contributed by atoms with Crippen molar-refractivity contribution in [2.45, 2.75) is 26.1 Å². The Bertz CT molecular complexity index is 362. The van der Waals surface area contributed by atoms with Gasteiger partial charge in [0.15, 0.2) is 0 Å². The molecule has 0 bridgehead atoms. The van der Waals surface area contributed by atoms with Crippen molar-refractivity contribution >= 4 is 28.8 Å². The van der Waals surface area contributed by atoms with Crippen LogP contribution < -0.4 is 0 Å². The summed E-state index contributed by atoms with van der Waals surface area (Å²) in [7, 11) is 1.76. The molecule has 0 aromatic carbocycles. The van der Waals surface area contributed by atoms with Crippen molar-refractivity contribution in [3.05, 3.63) is 15.6 Å². The molecule has 0 aliphatic heterocycles. The highest BCUT2D eigenvalue weighted by atomic mass is 35.5. The number of thiazole rings is 1. The SMILES string of the molecule is Cc1nc(C)c(C(=O)N(C)CC(C)Cl)s1. The number of aryl methyl sites for hydroxylation is 2. The fraction of sp³-hybridized carbons (Fsp3) is 0.600. The van der Waals surface area contributed by atoms with Crippen molar-refractivity contribution in [1.82, 2.24) is 9.88 Å². The Labute approximate surface area is 99.1 Å². The molecular formula is C10H15ClN2OS. The van der Waals surface area contributed by atoms with Crippen LogP contribution in [0, 0.1) is 13.8 Å². The maximum Gasteiger partial charge on any atom is 0.265 e. The fourth-order valence-corrected chi connectivity index (χ4v) is 2.48. The monoisotopic (exact) mass is 246 g/mol. The Kier molecular flexibility index (Phi) is 4.11. The van der Waals surface area contributed by atoms with Crippen molar-refractivity contribution < 1.29 is 4.79 Å². The Morgan fingerprint density at radius 3 is 2.60 bits per heavy atom. The summed E-state index contributed by atoms with van der Waals surface area (Å²) in [6.07, 6.45) is 0. The Balaban J connectivity index is 2.80. The van der Waals surface area contributed by atoms with Crippen LogP contribution in [0.5, 0.6) is 0 Å². The third-order valence-electron chi connectivity index (χ3n) is 1.97. The first kappa shape index (κ1) is 12.5. The van der Waals surface area contributed by atoms with E-state index >= 15 is 0 Å². The van der Waals surface area contributed by atoms with Gasteiger partial charge in [-0.15, -0.1) is 22.9 Å². The molecule has 1 aromatic heterocycles. The Hall–Kier alpha value is -0.610. The quantitative estimate of drug-likeness (QED) is 0.768. The molecule has 0 spiro atoms. The van der Waals surface area contributed by atoms with Gasteiger partial charge in [-0.05, 0) is 20.8 Å². The van der Waals surface area contributed by atoms with Gasteiger partial charge in [-0.1, -0.05) is 0 Å². The summed E-state index contributed by atoms with van der Waals surface area (Å²) in [6, 6.07) is 0. The van der Waals surface area contributed by atoms with Crippen molar-refractivity contribution in [2.75, 3.05) is 13.6 Å². The third kappa shape index (κ3) is 3.18. The van der Waals surface area contributed by atoms with E-state index in [2.05, 4.69) is 4.98 Å². The molecule has 1 aromatic rings. The number of aromatic nitrogens is 1. The second-order valence-electron chi connectivity index (χ2n) is 3.61. The zero-order valence-corrected chi connectivity index (χ0v) is 10.9. The van der Waals surface area contributed by atoms with Crippen LogP contribution in [0.4, 0.5) is 0 Å². The van der Waals surface area contributed by atoms with E-state index in [9.17, 15) is 4.79 Å². The molecule has 0 radical (unpaired) electrons. The van der Waals surface area contributed by atoms with E-state index in [1.165, 1.54) is 11.3 Å². The third-order valence-corrected chi connectivity index (χ3v) is 3.17. The normalized spacial score (nSPS) is 12.6. The summed E-state index contributed by atoms with van der Waals surface area (Å²) in [5.74, 6) is 0.00519. The first-order valence-corrected chi connectivity index (χ1v) is 6.00. The lowest BCUT2D eigenvalue weighted by atomic mass is 10.3. The largest absolute Gasteiger partial charge is 0.339 e. The maximum atomic E-state index is 12.0. The summed E-state index contributed by atoms with van der Waals surface area (Å²) in [5.41, 5.74) is 0.802. The first-order chi connectivity index (χ1) is 6.91. The van der Waals surface area contributed by atoms with Gasteiger partial charge in [0, 0.05) is 19.0 Å². The topological polar surface area (TPSA) is 33.2 Å². The van der Waals surface area contributed by atoms with E-state index in [4.69, 9.17) is 11.6 Å². The first-order valence-electron chi connectivity index (χ1n) is 4.75.